The number of hydrogen-bond acceptors (Lipinski definition) is 5. The monoisotopic (exact) mass is 286 g/mol. The van der Waals surface area contributed by atoms with Gasteiger partial charge in [-0.15, -0.1) is 0 Å². The second kappa shape index (κ2) is 12.6. The summed E-state index contributed by atoms with van der Waals surface area (Å²) in [7, 11) is 0. The zero-order chi connectivity index (χ0) is 15.2. The minimum atomic E-state index is -1.20. The number of hydrogen-bond donors (Lipinski definition) is 0. The van der Waals surface area contributed by atoms with Crippen molar-refractivity contribution in [2.45, 2.75) is 78.1 Å². The van der Waals surface area contributed by atoms with E-state index in [1.165, 1.54) is 0 Å². The van der Waals surface area contributed by atoms with Gasteiger partial charge in [-0.1, -0.05) is 52.4 Å². The molecule has 0 unspecified atom stereocenters. The Morgan fingerprint density at radius 3 is 1.40 bits per heavy atom. The third-order valence-corrected chi connectivity index (χ3v) is 2.86. The van der Waals surface area contributed by atoms with Crippen molar-refractivity contribution in [1.29, 1.82) is 0 Å². The number of unbranched alkanes of at least 4 members (excludes halogenated alkanes) is 6. The van der Waals surface area contributed by atoms with E-state index in [9.17, 15) is 14.4 Å². The van der Waals surface area contributed by atoms with E-state index in [1.54, 1.807) is 0 Å². The van der Waals surface area contributed by atoms with E-state index >= 15 is 0 Å². The summed E-state index contributed by atoms with van der Waals surface area (Å²) in [6, 6.07) is 0. The fraction of sp³-hybridized carbons (Fsp3) is 0.800. The van der Waals surface area contributed by atoms with Crippen molar-refractivity contribution in [3.05, 3.63) is 0 Å². The molecule has 0 aliphatic heterocycles. The highest BCUT2D eigenvalue weighted by atomic mass is 16.8. The van der Waals surface area contributed by atoms with E-state index in [-0.39, 0.29) is 12.8 Å². The third-order valence-electron chi connectivity index (χ3n) is 2.86. The van der Waals surface area contributed by atoms with Crippen LogP contribution in [0.2, 0.25) is 0 Å². The largest absolute Gasteiger partial charge is 0.524 e. The standard InChI is InChI=1S/C15H26O5/c1-3-5-7-9-11-13(16)19-15(18)20-14(17)12-10-8-6-4-2/h3-12H2,1-2H3. The zero-order valence-electron chi connectivity index (χ0n) is 12.6. The topological polar surface area (TPSA) is 69.7 Å². The Morgan fingerprint density at radius 1 is 0.650 bits per heavy atom. The maximum atomic E-state index is 11.3. The van der Waals surface area contributed by atoms with E-state index in [2.05, 4.69) is 23.3 Å². The summed E-state index contributed by atoms with van der Waals surface area (Å²) in [5, 5.41) is 0. The summed E-state index contributed by atoms with van der Waals surface area (Å²) < 4.78 is 8.82. The van der Waals surface area contributed by atoms with Gasteiger partial charge in [0.2, 0.25) is 0 Å². The Balaban J connectivity index is 3.64. The second-order valence-electron chi connectivity index (χ2n) is 4.82. The van der Waals surface area contributed by atoms with Crippen LogP contribution in [-0.4, -0.2) is 18.1 Å². The van der Waals surface area contributed by atoms with Gasteiger partial charge >= 0.3 is 18.1 Å². The first-order chi connectivity index (χ1) is 9.60. The molecule has 0 aliphatic carbocycles. The smallest absolute Gasteiger partial charge is 0.360 e. The number of esters is 2. The molecule has 0 aromatic rings. The van der Waals surface area contributed by atoms with Gasteiger partial charge in [-0.3, -0.25) is 9.59 Å². The minimum Gasteiger partial charge on any atom is -0.360 e. The molecule has 0 heterocycles. The number of rotatable bonds is 10. The molecule has 0 N–H and O–H groups in total. The van der Waals surface area contributed by atoms with Gasteiger partial charge in [-0.05, 0) is 12.8 Å². The van der Waals surface area contributed by atoms with Crippen LogP contribution in [0, 0.1) is 0 Å². The summed E-state index contributed by atoms with van der Waals surface area (Å²) in [5.41, 5.74) is 0. The molecule has 0 bridgehead atoms. The summed E-state index contributed by atoms with van der Waals surface area (Å²) in [5.74, 6) is -1.27. The molecule has 20 heavy (non-hydrogen) atoms. The fourth-order valence-electron chi connectivity index (χ4n) is 1.70. The Labute approximate surface area is 121 Å². The molecule has 0 fully saturated rings. The quantitative estimate of drug-likeness (QED) is 0.343. The average molecular weight is 286 g/mol. The summed E-state index contributed by atoms with van der Waals surface area (Å²) in [6.45, 7) is 4.14. The predicted octanol–water partition coefficient (Wildman–Crippen LogP) is 4.13. The van der Waals surface area contributed by atoms with Gasteiger partial charge in [0.1, 0.15) is 0 Å². The molecule has 5 nitrogen and oxygen atoms in total. The van der Waals surface area contributed by atoms with Crippen molar-refractivity contribution in [2.75, 3.05) is 0 Å². The van der Waals surface area contributed by atoms with Gasteiger partial charge in [0.15, 0.2) is 0 Å². The van der Waals surface area contributed by atoms with E-state index in [4.69, 9.17) is 0 Å². The Bertz CT molecular complexity index is 271. The SMILES string of the molecule is CCCCCCC(=O)OC(=O)OC(=O)CCCCCC. The van der Waals surface area contributed by atoms with Crippen LogP contribution in [0.5, 0.6) is 0 Å². The Morgan fingerprint density at radius 2 is 1.05 bits per heavy atom. The molecule has 0 radical (unpaired) electrons. The predicted molar refractivity (Wildman–Crippen MR) is 75.1 cm³/mol. The molecule has 0 aromatic heterocycles. The van der Waals surface area contributed by atoms with Crippen LogP contribution in [0.25, 0.3) is 0 Å². The van der Waals surface area contributed by atoms with Crippen molar-refractivity contribution >= 4 is 18.1 Å². The first kappa shape index (κ1) is 18.6. The fourth-order valence-corrected chi connectivity index (χ4v) is 1.70. The van der Waals surface area contributed by atoms with Gasteiger partial charge in [-0.2, -0.15) is 0 Å². The lowest BCUT2D eigenvalue weighted by atomic mass is 10.2. The molecular weight excluding hydrogens is 260 g/mol. The minimum absolute atomic E-state index is 0.180. The maximum Gasteiger partial charge on any atom is 0.524 e. The summed E-state index contributed by atoms with van der Waals surface area (Å²) in [4.78, 5) is 33.7. The van der Waals surface area contributed by atoms with Crippen molar-refractivity contribution in [2.24, 2.45) is 0 Å². The molecule has 0 aliphatic rings. The van der Waals surface area contributed by atoms with Crippen LogP contribution < -0.4 is 0 Å². The van der Waals surface area contributed by atoms with E-state index in [1.807, 2.05) is 0 Å². The lowest BCUT2D eigenvalue weighted by Gasteiger charge is -2.03. The molecule has 0 saturated carbocycles. The number of ether oxygens (including phenoxy) is 2. The average Bonchev–Trinajstić information content (AvgIpc) is 2.39. The normalized spacial score (nSPS) is 10.1. The molecular formula is C15H26O5. The molecule has 5 heteroatoms. The molecule has 116 valence electrons. The van der Waals surface area contributed by atoms with Crippen LogP contribution >= 0.6 is 0 Å². The van der Waals surface area contributed by atoms with Crippen LogP contribution in [-0.2, 0) is 19.1 Å². The molecule has 0 saturated heterocycles. The van der Waals surface area contributed by atoms with Crippen molar-refractivity contribution in [3.63, 3.8) is 0 Å². The Kier molecular flexibility index (Phi) is 11.8. The molecule has 0 amide bonds. The van der Waals surface area contributed by atoms with Gasteiger partial charge in [0, 0.05) is 12.8 Å². The van der Waals surface area contributed by atoms with E-state index < -0.39 is 18.1 Å². The van der Waals surface area contributed by atoms with Crippen LogP contribution in [0.1, 0.15) is 78.1 Å². The van der Waals surface area contributed by atoms with Gasteiger partial charge in [0.05, 0.1) is 0 Å². The summed E-state index contributed by atoms with van der Waals surface area (Å²) in [6.07, 6.45) is 6.63. The summed E-state index contributed by atoms with van der Waals surface area (Å²) >= 11 is 0. The molecule has 0 rings (SSSR count). The first-order valence-corrected chi connectivity index (χ1v) is 7.55. The lowest BCUT2D eigenvalue weighted by Crippen LogP contribution is -2.17. The van der Waals surface area contributed by atoms with E-state index in [0.717, 1.165) is 38.5 Å². The highest BCUT2D eigenvalue weighted by Gasteiger charge is 2.15. The van der Waals surface area contributed by atoms with Gasteiger partial charge < -0.3 is 9.47 Å². The second-order valence-corrected chi connectivity index (χ2v) is 4.82. The van der Waals surface area contributed by atoms with Crippen molar-refractivity contribution < 1.29 is 23.9 Å². The van der Waals surface area contributed by atoms with Crippen LogP contribution in [0.3, 0.4) is 0 Å². The van der Waals surface area contributed by atoms with Crippen LogP contribution in [0.15, 0.2) is 0 Å². The molecule has 0 aromatic carbocycles. The van der Waals surface area contributed by atoms with Gasteiger partial charge in [-0.25, -0.2) is 4.79 Å². The molecule has 0 atom stereocenters. The number of carbonyl (C=O) groups excluding carboxylic acids is 3. The zero-order valence-corrected chi connectivity index (χ0v) is 12.6. The van der Waals surface area contributed by atoms with E-state index in [0.29, 0.717) is 12.8 Å². The third kappa shape index (κ3) is 11.7. The highest BCUT2D eigenvalue weighted by Crippen LogP contribution is 2.06. The first-order valence-electron chi connectivity index (χ1n) is 7.55. The Hall–Kier alpha value is -1.39. The maximum absolute atomic E-state index is 11.3. The molecule has 0 spiro atoms. The van der Waals surface area contributed by atoms with Gasteiger partial charge in [0.25, 0.3) is 0 Å². The van der Waals surface area contributed by atoms with Crippen molar-refractivity contribution in [1.82, 2.24) is 0 Å². The van der Waals surface area contributed by atoms with Crippen molar-refractivity contribution in [3.8, 4) is 0 Å². The highest BCUT2D eigenvalue weighted by molar-refractivity contribution is 5.88. The van der Waals surface area contributed by atoms with Crippen LogP contribution in [0.4, 0.5) is 4.79 Å². The lowest BCUT2D eigenvalue weighted by molar-refractivity contribution is -0.146. The number of carbonyl (C=O) groups is 3.